The van der Waals surface area contributed by atoms with Gasteiger partial charge in [-0.05, 0) is 49.0 Å². The van der Waals surface area contributed by atoms with Crippen molar-refractivity contribution in [3.8, 4) is 0 Å². The summed E-state index contributed by atoms with van der Waals surface area (Å²) in [7, 11) is 0. The number of hydrogen-bond acceptors (Lipinski definition) is 1. The number of thioether (sulfide) groups is 1. The Balaban J connectivity index is 2.96. The molecule has 0 aromatic heterocycles. The molecule has 0 bridgehead atoms. The lowest BCUT2D eigenvalue weighted by atomic mass is 9.77. The summed E-state index contributed by atoms with van der Waals surface area (Å²) in [5.41, 5.74) is 3.15. The van der Waals surface area contributed by atoms with Crippen LogP contribution in [0.15, 0.2) is 24.3 Å². The summed E-state index contributed by atoms with van der Waals surface area (Å²) in [5, 5.41) is 0. The van der Waals surface area contributed by atoms with Gasteiger partial charge in [0.25, 0.3) is 0 Å². The summed E-state index contributed by atoms with van der Waals surface area (Å²) in [6.07, 6.45) is 3.41. The van der Waals surface area contributed by atoms with Crippen LogP contribution in [0.3, 0.4) is 0 Å². The summed E-state index contributed by atoms with van der Waals surface area (Å²) >= 11 is 1.90. The van der Waals surface area contributed by atoms with Crippen LogP contribution in [-0.4, -0.2) is 6.26 Å². The zero-order valence-corrected chi connectivity index (χ0v) is 13.8. The van der Waals surface area contributed by atoms with Gasteiger partial charge in [0.05, 0.1) is 0 Å². The van der Waals surface area contributed by atoms with Crippen LogP contribution in [0.25, 0.3) is 0 Å². The van der Waals surface area contributed by atoms with Crippen molar-refractivity contribution in [3.05, 3.63) is 35.4 Å². The van der Waals surface area contributed by atoms with E-state index in [9.17, 15) is 0 Å². The minimum atomic E-state index is 0.209. The Bertz CT molecular complexity index is 371. The van der Waals surface area contributed by atoms with E-state index in [4.69, 9.17) is 0 Å². The van der Waals surface area contributed by atoms with E-state index in [1.54, 1.807) is 0 Å². The van der Waals surface area contributed by atoms with E-state index >= 15 is 0 Å². The fourth-order valence-electron chi connectivity index (χ4n) is 2.58. The molecule has 0 N–H and O–H groups in total. The molecular formula is C17H28S. The highest BCUT2D eigenvalue weighted by Gasteiger charge is 2.23. The second-order valence-electron chi connectivity index (χ2n) is 6.77. The third-order valence-corrected chi connectivity index (χ3v) is 5.05. The molecule has 0 atom stereocenters. The van der Waals surface area contributed by atoms with Crippen molar-refractivity contribution in [1.82, 2.24) is 0 Å². The second kappa shape index (κ2) is 5.69. The van der Waals surface area contributed by atoms with E-state index in [1.165, 1.54) is 17.5 Å². The molecule has 0 radical (unpaired) electrons. The van der Waals surface area contributed by atoms with Crippen molar-refractivity contribution in [2.45, 2.75) is 58.1 Å². The smallest absolute Gasteiger partial charge is 0.0349 e. The third-order valence-electron chi connectivity index (χ3n) is 3.79. The quantitative estimate of drug-likeness (QED) is 0.666. The molecule has 102 valence electrons. The van der Waals surface area contributed by atoms with Gasteiger partial charge < -0.3 is 0 Å². The molecular weight excluding hydrogens is 236 g/mol. The zero-order chi connectivity index (χ0) is 14.0. The summed E-state index contributed by atoms with van der Waals surface area (Å²) in [6.45, 7) is 13.9. The molecule has 0 aliphatic carbocycles. The molecule has 0 unspecified atom stereocenters. The molecule has 0 fully saturated rings. The zero-order valence-electron chi connectivity index (χ0n) is 13.0. The SMILES string of the molecule is CSC(C)(C)c1ccc(C(C)(C)CC(C)C)cc1. The van der Waals surface area contributed by atoms with Gasteiger partial charge in [0.2, 0.25) is 0 Å². The molecule has 0 nitrogen and oxygen atoms in total. The van der Waals surface area contributed by atoms with E-state index in [0.29, 0.717) is 0 Å². The van der Waals surface area contributed by atoms with E-state index < -0.39 is 0 Å². The molecule has 0 heterocycles. The van der Waals surface area contributed by atoms with Gasteiger partial charge in [-0.25, -0.2) is 0 Å². The molecule has 0 amide bonds. The van der Waals surface area contributed by atoms with Crippen LogP contribution in [0, 0.1) is 5.92 Å². The Kier molecular flexibility index (Phi) is 4.94. The van der Waals surface area contributed by atoms with E-state index in [2.05, 4.69) is 72.1 Å². The van der Waals surface area contributed by atoms with Crippen molar-refractivity contribution < 1.29 is 0 Å². The van der Waals surface area contributed by atoms with E-state index in [-0.39, 0.29) is 10.2 Å². The monoisotopic (exact) mass is 264 g/mol. The number of rotatable bonds is 5. The summed E-state index contributed by atoms with van der Waals surface area (Å²) in [5.74, 6) is 0.738. The summed E-state index contributed by atoms with van der Waals surface area (Å²) in [6, 6.07) is 9.23. The summed E-state index contributed by atoms with van der Waals surface area (Å²) < 4.78 is 0.209. The number of benzene rings is 1. The van der Waals surface area contributed by atoms with Gasteiger partial charge in [0.15, 0.2) is 0 Å². The van der Waals surface area contributed by atoms with Gasteiger partial charge in [-0.3, -0.25) is 0 Å². The van der Waals surface area contributed by atoms with Gasteiger partial charge in [-0.1, -0.05) is 52.0 Å². The van der Waals surface area contributed by atoms with Crippen LogP contribution in [0.2, 0.25) is 0 Å². The Morgan fingerprint density at radius 1 is 0.944 bits per heavy atom. The molecule has 18 heavy (non-hydrogen) atoms. The summed E-state index contributed by atoms with van der Waals surface area (Å²) in [4.78, 5) is 0. The van der Waals surface area contributed by atoms with Gasteiger partial charge in [-0.15, -0.1) is 0 Å². The molecule has 0 saturated carbocycles. The molecule has 0 spiro atoms. The molecule has 0 aliphatic rings. The minimum Gasteiger partial charge on any atom is -0.154 e. The third kappa shape index (κ3) is 3.78. The molecule has 1 heteroatoms. The Morgan fingerprint density at radius 3 is 1.78 bits per heavy atom. The van der Waals surface area contributed by atoms with Crippen LogP contribution in [-0.2, 0) is 10.2 Å². The van der Waals surface area contributed by atoms with E-state index in [0.717, 1.165) is 5.92 Å². The van der Waals surface area contributed by atoms with Crippen molar-refractivity contribution in [2.24, 2.45) is 5.92 Å². The van der Waals surface area contributed by atoms with Gasteiger partial charge in [-0.2, -0.15) is 11.8 Å². The highest BCUT2D eigenvalue weighted by Crippen LogP contribution is 2.36. The van der Waals surface area contributed by atoms with Crippen LogP contribution in [0.5, 0.6) is 0 Å². The Hall–Kier alpha value is -0.430. The lowest BCUT2D eigenvalue weighted by Gasteiger charge is -2.29. The first kappa shape index (κ1) is 15.6. The first-order valence-corrected chi connectivity index (χ1v) is 8.07. The highest BCUT2D eigenvalue weighted by atomic mass is 32.2. The standard InChI is InChI=1S/C17H28S/c1-13(2)12-16(3,4)14-8-10-15(11-9-14)17(5,6)18-7/h8-11,13H,12H2,1-7H3. The fraction of sp³-hybridized carbons (Fsp3) is 0.647. The maximum absolute atomic E-state index is 2.35. The molecule has 0 saturated heterocycles. The predicted molar refractivity (Wildman–Crippen MR) is 85.5 cm³/mol. The van der Waals surface area contributed by atoms with Gasteiger partial charge >= 0.3 is 0 Å². The Morgan fingerprint density at radius 2 is 1.39 bits per heavy atom. The average molecular weight is 264 g/mol. The van der Waals surface area contributed by atoms with Crippen molar-refractivity contribution in [2.75, 3.05) is 6.26 Å². The highest BCUT2D eigenvalue weighted by molar-refractivity contribution is 7.99. The topological polar surface area (TPSA) is 0 Å². The van der Waals surface area contributed by atoms with Crippen LogP contribution in [0.1, 0.15) is 59.1 Å². The maximum atomic E-state index is 2.35. The van der Waals surface area contributed by atoms with Gasteiger partial charge in [0, 0.05) is 4.75 Å². The first-order valence-electron chi connectivity index (χ1n) is 6.85. The van der Waals surface area contributed by atoms with Crippen molar-refractivity contribution in [1.29, 1.82) is 0 Å². The molecule has 1 aromatic rings. The Labute approximate surface area is 118 Å². The van der Waals surface area contributed by atoms with E-state index in [1.807, 2.05) is 11.8 Å². The predicted octanol–water partition coefficient (Wildman–Crippen LogP) is 5.61. The minimum absolute atomic E-state index is 0.209. The fourth-order valence-corrected chi connectivity index (χ4v) is 2.95. The first-order chi connectivity index (χ1) is 8.19. The van der Waals surface area contributed by atoms with Crippen LogP contribution < -0.4 is 0 Å². The van der Waals surface area contributed by atoms with Crippen molar-refractivity contribution >= 4 is 11.8 Å². The lowest BCUT2D eigenvalue weighted by molar-refractivity contribution is 0.399. The normalized spacial score (nSPS) is 13.1. The maximum Gasteiger partial charge on any atom is 0.0349 e. The second-order valence-corrected chi connectivity index (χ2v) is 8.20. The van der Waals surface area contributed by atoms with Crippen molar-refractivity contribution in [3.63, 3.8) is 0 Å². The lowest BCUT2D eigenvalue weighted by Crippen LogP contribution is -2.20. The van der Waals surface area contributed by atoms with Crippen LogP contribution in [0.4, 0.5) is 0 Å². The molecule has 1 aromatic carbocycles. The van der Waals surface area contributed by atoms with Crippen LogP contribution >= 0.6 is 11.8 Å². The molecule has 0 aliphatic heterocycles. The average Bonchev–Trinajstić information content (AvgIpc) is 2.27. The van der Waals surface area contributed by atoms with Gasteiger partial charge in [0.1, 0.15) is 0 Å². The largest absolute Gasteiger partial charge is 0.154 e. The number of hydrogen-bond donors (Lipinski definition) is 0. The molecule has 1 rings (SSSR count).